The Balaban J connectivity index is 1.61. The van der Waals surface area contributed by atoms with Gasteiger partial charge in [-0.25, -0.2) is 4.98 Å². The lowest BCUT2D eigenvalue weighted by Crippen LogP contribution is -2.25. The van der Waals surface area contributed by atoms with E-state index in [0.29, 0.717) is 17.3 Å². The van der Waals surface area contributed by atoms with Crippen molar-refractivity contribution in [3.05, 3.63) is 57.5 Å². The minimum Gasteiger partial charge on any atom is -0.497 e. The third-order valence-electron chi connectivity index (χ3n) is 4.56. The minimum atomic E-state index is -0.0397. The van der Waals surface area contributed by atoms with Crippen LogP contribution in [0.4, 0.5) is 0 Å². The second-order valence-corrected chi connectivity index (χ2v) is 6.97. The molecule has 1 aromatic carbocycles. The molecule has 4 rings (SSSR count). The summed E-state index contributed by atoms with van der Waals surface area (Å²) in [5.41, 5.74) is 2.00. The molecule has 3 aromatic rings. The van der Waals surface area contributed by atoms with Gasteiger partial charge in [0.2, 0.25) is 0 Å². The van der Waals surface area contributed by atoms with Crippen LogP contribution in [0.25, 0.3) is 10.2 Å². The molecule has 1 aliphatic rings. The number of aromatic nitrogens is 2. The summed E-state index contributed by atoms with van der Waals surface area (Å²) in [6, 6.07) is 10.5. The van der Waals surface area contributed by atoms with Gasteiger partial charge in [-0.15, -0.1) is 11.3 Å². The highest BCUT2D eigenvalue weighted by Gasteiger charge is 2.27. The smallest absolute Gasteiger partial charge is 0.268 e. The van der Waals surface area contributed by atoms with Crippen LogP contribution in [0.5, 0.6) is 5.75 Å². The number of hydrogen-bond donors (Lipinski definition) is 1. The summed E-state index contributed by atoms with van der Waals surface area (Å²) >= 11 is 1.43. The number of rotatable bonds is 4. The minimum absolute atomic E-state index is 0.0397. The first kappa shape index (κ1) is 15.4. The van der Waals surface area contributed by atoms with E-state index in [-0.39, 0.29) is 5.56 Å². The number of hydrogen-bond acceptors (Lipinski definition) is 5. The van der Waals surface area contributed by atoms with Crippen LogP contribution >= 0.6 is 11.3 Å². The summed E-state index contributed by atoms with van der Waals surface area (Å²) < 4.78 is 6.04. The fourth-order valence-electron chi connectivity index (χ4n) is 3.43. The van der Waals surface area contributed by atoms with Gasteiger partial charge in [0.25, 0.3) is 5.56 Å². The predicted octanol–water partition coefficient (Wildman–Crippen LogP) is 3.33. The van der Waals surface area contributed by atoms with Gasteiger partial charge in [0.1, 0.15) is 16.3 Å². The second kappa shape index (κ2) is 6.37. The van der Waals surface area contributed by atoms with Gasteiger partial charge in [-0.2, -0.15) is 0 Å². The first-order valence-corrected chi connectivity index (χ1v) is 8.97. The van der Waals surface area contributed by atoms with Crippen LogP contribution in [0.3, 0.4) is 0 Å². The maximum atomic E-state index is 12.1. The van der Waals surface area contributed by atoms with E-state index in [1.54, 1.807) is 7.11 Å². The van der Waals surface area contributed by atoms with E-state index in [4.69, 9.17) is 4.74 Å². The average Bonchev–Trinajstić information content (AvgIpc) is 3.24. The predicted molar refractivity (Wildman–Crippen MR) is 95.6 cm³/mol. The highest BCUT2D eigenvalue weighted by molar-refractivity contribution is 7.17. The Morgan fingerprint density at radius 3 is 3.21 bits per heavy atom. The van der Waals surface area contributed by atoms with E-state index < -0.39 is 0 Å². The number of nitrogens with zero attached hydrogens (tertiary/aromatic N) is 2. The van der Waals surface area contributed by atoms with Crippen LogP contribution < -0.4 is 10.3 Å². The van der Waals surface area contributed by atoms with E-state index in [2.05, 4.69) is 27.0 Å². The monoisotopic (exact) mass is 341 g/mol. The summed E-state index contributed by atoms with van der Waals surface area (Å²) in [4.78, 5) is 22.1. The fourth-order valence-corrected chi connectivity index (χ4v) is 4.16. The van der Waals surface area contributed by atoms with E-state index in [0.717, 1.165) is 36.5 Å². The van der Waals surface area contributed by atoms with Gasteiger partial charge in [0, 0.05) is 6.04 Å². The van der Waals surface area contributed by atoms with Crippen LogP contribution in [0.2, 0.25) is 0 Å². The average molecular weight is 341 g/mol. The molecule has 1 atom stereocenters. The Bertz CT molecular complexity index is 918. The molecule has 0 amide bonds. The van der Waals surface area contributed by atoms with Gasteiger partial charge >= 0.3 is 0 Å². The molecule has 1 saturated heterocycles. The molecular formula is C18H19N3O2S. The topological polar surface area (TPSA) is 58.2 Å². The molecule has 1 fully saturated rings. The number of nitrogens with one attached hydrogen (secondary N) is 1. The van der Waals surface area contributed by atoms with E-state index in [1.165, 1.54) is 16.9 Å². The Hall–Kier alpha value is -2.18. The highest BCUT2D eigenvalue weighted by atomic mass is 32.1. The highest BCUT2D eigenvalue weighted by Crippen LogP contribution is 2.34. The number of ether oxygens (including phenoxy) is 1. The largest absolute Gasteiger partial charge is 0.497 e. The summed E-state index contributed by atoms with van der Waals surface area (Å²) in [5.74, 6) is 1.62. The van der Waals surface area contributed by atoms with Gasteiger partial charge in [-0.05, 0) is 48.5 Å². The molecule has 0 bridgehead atoms. The Morgan fingerprint density at radius 2 is 2.33 bits per heavy atom. The van der Waals surface area contributed by atoms with Gasteiger partial charge in [-0.1, -0.05) is 12.1 Å². The molecular weight excluding hydrogens is 322 g/mol. The van der Waals surface area contributed by atoms with Crippen LogP contribution in [0, 0.1) is 0 Å². The number of H-pyrrole nitrogens is 1. The molecule has 0 spiro atoms. The van der Waals surface area contributed by atoms with E-state index in [9.17, 15) is 4.79 Å². The lowest BCUT2D eigenvalue weighted by Gasteiger charge is -2.24. The molecule has 5 nitrogen and oxygen atoms in total. The van der Waals surface area contributed by atoms with Crippen molar-refractivity contribution in [2.75, 3.05) is 13.7 Å². The van der Waals surface area contributed by atoms with Crippen molar-refractivity contribution in [1.82, 2.24) is 14.9 Å². The first-order valence-electron chi connectivity index (χ1n) is 8.09. The molecule has 124 valence electrons. The van der Waals surface area contributed by atoms with Crippen LogP contribution in [-0.4, -0.2) is 28.5 Å². The van der Waals surface area contributed by atoms with Crippen molar-refractivity contribution in [3.8, 4) is 5.75 Å². The Labute approximate surface area is 143 Å². The third-order valence-corrected chi connectivity index (χ3v) is 5.46. The first-order chi connectivity index (χ1) is 11.7. The molecule has 1 aliphatic heterocycles. The molecule has 24 heavy (non-hydrogen) atoms. The maximum Gasteiger partial charge on any atom is 0.268 e. The molecule has 1 N–H and O–H groups in total. The molecule has 0 unspecified atom stereocenters. The van der Waals surface area contributed by atoms with Crippen molar-refractivity contribution in [3.63, 3.8) is 0 Å². The summed E-state index contributed by atoms with van der Waals surface area (Å²) in [5, 5.41) is 1.91. The van der Waals surface area contributed by atoms with Crippen molar-refractivity contribution >= 4 is 21.6 Å². The van der Waals surface area contributed by atoms with E-state index in [1.807, 2.05) is 23.6 Å². The SMILES string of the molecule is COc1cccc([C@H]2CCCN2Cc2nc3ccsc3c(=O)[nH]2)c1. The molecule has 2 aromatic heterocycles. The van der Waals surface area contributed by atoms with Crippen LogP contribution in [0.15, 0.2) is 40.5 Å². The number of aromatic amines is 1. The molecule has 0 aliphatic carbocycles. The normalized spacial score (nSPS) is 18.3. The van der Waals surface area contributed by atoms with Crippen molar-refractivity contribution < 1.29 is 4.74 Å². The van der Waals surface area contributed by atoms with Crippen molar-refractivity contribution in [2.45, 2.75) is 25.4 Å². The number of benzene rings is 1. The standard InChI is InChI=1S/C18H19N3O2S/c1-23-13-5-2-4-12(10-13)15-6-3-8-21(15)11-16-19-14-7-9-24-17(14)18(22)20-16/h2,4-5,7,9-10,15H,3,6,8,11H2,1H3,(H,19,20,22)/t15-/m1/s1. The lowest BCUT2D eigenvalue weighted by molar-refractivity contribution is 0.242. The number of methoxy groups -OCH3 is 1. The number of fused-ring (bicyclic) bond motifs is 1. The quantitative estimate of drug-likeness (QED) is 0.791. The van der Waals surface area contributed by atoms with Crippen molar-refractivity contribution in [2.24, 2.45) is 0 Å². The van der Waals surface area contributed by atoms with Crippen LogP contribution in [-0.2, 0) is 6.54 Å². The van der Waals surface area contributed by atoms with E-state index >= 15 is 0 Å². The maximum absolute atomic E-state index is 12.1. The van der Waals surface area contributed by atoms with Gasteiger partial charge in [0.15, 0.2) is 0 Å². The number of likely N-dealkylation sites (tertiary alicyclic amines) is 1. The summed E-state index contributed by atoms with van der Waals surface area (Å²) in [7, 11) is 1.69. The molecule has 6 heteroatoms. The lowest BCUT2D eigenvalue weighted by atomic mass is 10.0. The Morgan fingerprint density at radius 1 is 1.42 bits per heavy atom. The molecule has 0 radical (unpaired) electrons. The third kappa shape index (κ3) is 2.83. The van der Waals surface area contributed by atoms with Gasteiger partial charge in [0.05, 0.1) is 19.2 Å². The second-order valence-electron chi connectivity index (χ2n) is 6.05. The van der Waals surface area contributed by atoms with Gasteiger partial charge < -0.3 is 9.72 Å². The van der Waals surface area contributed by atoms with Crippen LogP contribution in [0.1, 0.15) is 30.3 Å². The summed E-state index contributed by atoms with van der Waals surface area (Å²) in [6.45, 7) is 1.66. The zero-order chi connectivity index (χ0) is 16.5. The zero-order valence-electron chi connectivity index (χ0n) is 13.5. The molecule has 0 saturated carbocycles. The van der Waals surface area contributed by atoms with Gasteiger partial charge in [-0.3, -0.25) is 9.69 Å². The number of thiophene rings is 1. The Kier molecular flexibility index (Phi) is 4.08. The zero-order valence-corrected chi connectivity index (χ0v) is 14.3. The fraction of sp³-hybridized carbons (Fsp3) is 0.333. The van der Waals surface area contributed by atoms with Crippen molar-refractivity contribution in [1.29, 1.82) is 0 Å². The summed E-state index contributed by atoms with van der Waals surface area (Å²) in [6.07, 6.45) is 2.25. The molecule has 3 heterocycles.